The second-order valence-corrected chi connectivity index (χ2v) is 5.78. The zero-order valence-corrected chi connectivity index (χ0v) is 14.3. The van der Waals surface area contributed by atoms with E-state index in [1.807, 2.05) is 24.3 Å². The number of ether oxygens (including phenoxy) is 1. The Labute approximate surface area is 139 Å². The second-order valence-electron chi connectivity index (χ2n) is 4.07. The first-order valence-corrected chi connectivity index (χ1v) is 7.62. The van der Waals surface area contributed by atoms with Crippen LogP contribution in [0.4, 0.5) is 0 Å². The molecular weight excluding hydrogens is 400 g/mol. The van der Waals surface area contributed by atoms with Gasteiger partial charge in [-0.15, -0.1) is 0 Å². The molecule has 0 aromatic heterocycles. The molecule has 0 heterocycles. The highest BCUT2D eigenvalue weighted by Crippen LogP contribution is 2.22. The third-order valence-corrected chi connectivity index (χ3v) is 4.11. The van der Waals surface area contributed by atoms with E-state index >= 15 is 0 Å². The topological polar surface area (TPSA) is 50.7 Å². The summed E-state index contributed by atoms with van der Waals surface area (Å²) in [6, 6.07) is 12.8. The molecule has 2 aromatic rings. The molecular formula is C15H12Br2N2O2. The normalized spacial score (nSPS) is 10.6. The van der Waals surface area contributed by atoms with Crippen LogP contribution in [-0.4, -0.2) is 19.2 Å². The van der Waals surface area contributed by atoms with E-state index in [4.69, 9.17) is 4.74 Å². The van der Waals surface area contributed by atoms with Gasteiger partial charge in [0.05, 0.1) is 18.9 Å². The van der Waals surface area contributed by atoms with Crippen LogP contribution in [0.2, 0.25) is 0 Å². The third kappa shape index (κ3) is 4.15. The van der Waals surface area contributed by atoms with Crippen molar-refractivity contribution in [3.8, 4) is 5.75 Å². The molecule has 0 saturated heterocycles. The number of amides is 1. The van der Waals surface area contributed by atoms with Gasteiger partial charge in [-0.3, -0.25) is 4.79 Å². The van der Waals surface area contributed by atoms with Crippen LogP contribution < -0.4 is 10.2 Å². The first-order chi connectivity index (χ1) is 10.1. The zero-order chi connectivity index (χ0) is 15.2. The van der Waals surface area contributed by atoms with Gasteiger partial charge in [-0.05, 0) is 40.2 Å². The highest BCUT2D eigenvalue weighted by molar-refractivity contribution is 9.10. The lowest BCUT2D eigenvalue weighted by atomic mass is 10.2. The number of carbonyl (C=O) groups is 1. The van der Waals surface area contributed by atoms with E-state index in [-0.39, 0.29) is 5.91 Å². The highest BCUT2D eigenvalue weighted by Gasteiger charge is 2.10. The van der Waals surface area contributed by atoms with E-state index in [1.165, 1.54) is 0 Å². The molecule has 0 unspecified atom stereocenters. The van der Waals surface area contributed by atoms with Gasteiger partial charge >= 0.3 is 0 Å². The van der Waals surface area contributed by atoms with Gasteiger partial charge in [-0.2, -0.15) is 5.10 Å². The van der Waals surface area contributed by atoms with Crippen molar-refractivity contribution in [1.82, 2.24) is 5.43 Å². The Bertz CT molecular complexity index is 687. The number of benzene rings is 2. The maximum atomic E-state index is 12.1. The van der Waals surface area contributed by atoms with Gasteiger partial charge in [-0.1, -0.05) is 34.1 Å². The summed E-state index contributed by atoms with van der Waals surface area (Å²) >= 11 is 6.74. The predicted octanol–water partition coefficient (Wildman–Crippen LogP) is 3.98. The van der Waals surface area contributed by atoms with Crippen LogP contribution in [0.25, 0.3) is 0 Å². The summed E-state index contributed by atoms with van der Waals surface area (Å²) < 4.78 is 6.69. The number of carbonyl (C=O) groups excluding carboxylic acids is 1. The SMILES string of the molecule is COc1ccc(Br)c(C(=O)N/N=C/c2ccccc2Br)c1. The summed E-state index contributed by atoms with van der Waals surface area (Å²) in [5, 5.41) is 3.96. The quantitative estimate of drug-likeness (QED) is 0.610. The Balaban J connectivity index is 2.10. The van der Waals surface area contributed by atoms with Crippen LogP contribution in [0.3, 0.4) is 0 Å². The monoisotopic (exact) mass is 410 g/mol. The fraction of sp³-hybridized carbons (Fsp3) is 0.0667. The Morgan fingerprint density at radius 2 is 1.95 bits per heavy atom. The number of methoxy groups -OCH3 is 1. The molecule has 0 aliphatic heterocycles. The standard InChI is InChI=1S/C15H12Br2N2O2/c1-21-11-6-7-14(17)12(8-11)15(20)19-18-9-10-4-2-3-5-13(10)16/h2-9H,1H3,(H,19,20)/b18-9+. The third-order valence-electron chi connectivity index (χ3n) is 2.69. The number of hydrazone groups is 1. The first-order valence-electron chi connectivity index (χ1n) is 6.03. The van der Waals surface area contributed by atoms with E-state index < -0.39 is 0 Å². The second kappa shape index (κ2) is 7.38. The average Bonchev–Trinajstić information content (AvgIpc) is 2.49. The van der Waals surface area contributed by atoms with Gasteiger partial charge < -0.3 is 4.74 Å². The molecule has 2 rings (SSSR count). The van der Waals surface area contributed by atoms with Gasteiger partial charge in [-0.25, -0.2) is 5.43 Å². The van der Waals surface area contributed by atoms with Gasteiger partial charge in [0.2, 0.25) is 0 Å². The summed E-state index contributed by atoms with van der Waals surface area (Å²) in [6.07, 6.45) is 1.58. The number of hydrogen-bond donors (Lipinski definition) is 1. The number of rotatable bonds is 4. The molecule has 21 heavy (non-hydrogen) atoms. The van der Waals surface area contributed by atoms with E-state index in [0.717, 1.165) is 10.0 Å². The van der Waals surface area contributed by atoms with Crippen molar-refractivity contribution in [2.75, 3.05) is 7.11 Å². The molecule has 0 radical (unpaired) electrons. The molecule has 6 heteroatoms. The van der Waals surface area contributed by atoms with Crippen molar-refractivity contribution in [3.05, 3.63) is 62.5 Å². The average molecular weight is 412 g/mol. The molecule has 0 atom stereocenters. The van der Waals surface area contributed by atoms with Crippen LogP contribution in [0.5, 0.6) is 5.75 Å². The number of halogens is 2. The lowest BCUT2D eigenvalue weighted by molar-refractivity contribution is 0.0954. The van der Waals surface area contributed by atoms with Crippen LogP contribution in [0.1, 0.15) is 15.9 Å². The number of nitrogens with zero attached hydrogens (tertiary/aromatic N) is 1. The van der Waals surface area contributed by atoms with Crippen molar-refractivity contribution in [3.63, 3.8) is 0 Å². The minimum atomic E-state index is -0.316. The van der Waals surface area contributed by atoms with Crippen molar-refractivity contribution in [2.45, 2.75) is 0 Å². The molecule has 1 amide bonds. The maximum absolute atomic E-state index is 12.1. The van der Waals surface area contributed by atoms with Crippen molar-refractivity contribution in [1.29, 1.82) is 0 Å². The molecule has 4 nitrogen and oxygen atoms in total. The van der Waals surface area contributed by atoms with Crippen LogP contribution in [0, 0.1) is 0 Å². The molecule has 0 saturated carbocycles. The zero-order valence-electron chi connectivity index (χ0n) is 11.1. The summed E-state index contributed by atoms with van der Waals surface area (Å²) in [5.41, 5.74) is 3.83. The van der Waals surface area contributed by atoms with Crippen LogP contribution in [-0.2, 0) is 0 Å². The summed E-state index contributed by atoms with van der Waals surface area (Å²) in [5.74, 6) is 0.294. The smallest absolute Gasteiger partial charge is 0.272 e. The minimum absolute atomic E-state index is 0.316. The van der Waals surface area contributed by atoms with Crippen LogP contribution >= 0.6 is 31.9 Å². The molecule has 0 spiro atoms. The molecule has 1 N–H and O–H groups in total. The highest BCUT2D eigenvalue weighted by atomic mass is 79.9. The van der Waals surface area contributed by atoms with Gasteiger partial charge in [0, 0.05) is 14.5 Å². The van der Waals surface area contributed by atoms with Gasteiger partial charge in [0.25, 0.3) is 5.91 Å². The lowest BCUT2D eigenvalue weighted by Crippen LogP contribution is -2.18. The Kier molecular flexibility index (Phi) is 5.52. The molecule has 0 aliphatic carbocycles. The fourth-order valence-electron chi connectivity index (χ4n) is 1.61. The van der Waals surface area contributed by atoms with Crippen molar-refractivity contribution in [2.24, 2.45) is 5.10 Å². The minimum Gasteiger partial charge on any atom is -0.497 e. The van der Waals surface area contributed by atoms with E-state index in [0.29, 0.717) is 15.8 Å². The predicted molar refractivity (Wildman–Crippen MR) is 89.9 cm³/mol. The Hall–Kier alpha value is -1.66. The molecule has 0 aliphatic rings. The van der Waals surface area contributed by atoms with Crippen molar-refractivity contribution < 1.29 is 9.53 Å². The Morgan fingerprint density at radius 1 is 1.19 bits per heavy atom. The van der Waals surface area contributed by atoms with Gasteiger partial charge in [0.1, 0.15) is 5.75 Å². The molecule has 0 fully saturated rings. The van der Waals surface area contributed by atoms with E-state index in [1.54, 1.807) is 31.5 Å². The first kappa shape index (κ1) is 15.7. The Morgan fingerprint density at radius 3 is 2.67 bits per heavy atom. The molecule has 0 bridgehead atoms. The lowest BCUT2D eigenvalue weighted by Gasteiger charge is -2.05. The van der Waals surface area contributed by atoms with Crippen LogP contribution in [0.15, 0.2) is 56.5 Å². The summed E-state index contributed by atoms with van der Waals surface area (Å²) in [4.78, 5) is 12.1. The largest absolute Gasteiger partial charge is 0.497 e. The summed E-state index contributed by atoms with van der Waals surface area (Å²) in [7, 11) is 1.55. The fourth-order valence-corrected chi connectivity index (χ4v) is 2.42. The number of nitrogens with one attached hydrogen (secondary N) is 1. The van der Waals surface area contributed by atoms with E-state index in [9.17, 15) is 4.79 Å². The van der Waals surface area contributed by atoms with E-state index in [2.05, 4.69) is 42.4 Å². The van der Waals surface area contributed by atoms with Crippen molar-refractivity contribution >= 4 is 44.0 Å². The molecule has 2 aromatic carbocycles. The molecule has 108 valence electrons. The summed E-state index contributed by atoms with van der Waals surface area (Å²) in [6.45, 7) is 0. The number of hydrogen-bond acceptors (Lipinski definition) is 3. The maximum Gasteiger partial charge on any atom is 0.272 e. The van der Waals surface area contributed by atoms with Gasteiger partial charge in [0.15, 0.2) is 0 Å².